The van der Waals surface area contributed by atoms with E-state index in [4.69, 9.17) is 0 Å². The Kier molecular flexibility index (Phi) is 5.59. The third-order valence-electron chi connectivity index (χ3n) is 3.88. The van der Waals surface area contributed by atoms with Gasteiger partial charge in [-0.25, -0.2) is 0 Å². The number of rotatable bonds is 6. The molecule has 0 bridgehead atoms. The van der Waals surface area contributed by atoms with Crippen LogP contribution in [0.4, 0.5) is 0 Å². The quantitative estimate of drug-likeness (QED) is 0.782. The molecule has 1 aromatic rings. The highest BCUT2D eigenvalue weighted by Gasteiger charge is 2.14. The fourth-order valence-corrected chi connectivity index (χ4v) is 2.66. The minimum absolute atomic E-state index is 0.00882. The number of nitrogens with one attached hydrogen (secondary N) is 2. The van der Waals surface area contributed by atoms with E-state index in [2.05, 4.69) is 10.6 Å². The summed E-state index contributed by atoms with van der Waals surface area (Å²) < 4.78 is 0. The third kappa shape index (κ3) is 4.37. The topological polar surface area (TPSA) is 58.2 Å². The van der Waals surface area contributed by atoms with E-state index >= 15 is 0 Å². The van der Waals surface area contributed by atoms with Crippen LogP contribution in [0.15, 0.2) is 24.3 Å². The van der Waals surface area contributed by atoms with E-state index in [1.807, 2.05) is 12.1 Å². The van der Waals surface area contributed by atoms with Gasteiger partial charge < -0.3 is 10.6 Å². The molecule has 1 aliphatic carbocycles. The van der Waals surface area contributed by atoms with Crippen LogP contribution in [0.3, 0.4) is 0 Å². The molecule has 1 saturated carbocycles. The van der Waals surface area contributed by atoms with E-state index in [0.29, 0.717) is 24.4 Å². The maximum absolute atomic E-state index is 12.0. The fourth-order valence-electron chi connectivity index (χ4n) is 2.66. The molecule has 1 aliphatic rings. The van der Waals surface area contributed by atoms with Gasteiger partial charge in [0.1, 0.15) is 0 Å². The number of benzene rings is 1. The lowest BCUT2D eigenvalue weighted by Gasteiger charge is -2.21. The summed E-state index contributed by atoms with van der Waals surface area (Å²) in [6.07, 6.45) is 7.05. The summed E-state index contributed by atoms with van der Waals surface area (Å²) in [4.78, 5) is 22.2. The van der Waals surface area contributed by atoms with Gasteiger partial charge in [-0.15, -0.1) is 0 Å². The van der Waals surface area contributed by atoms with Crippen LogP contribution in [0.5, 0.6) is 0 Å². The van der Waals surface area contributed by atoms with Crippen LogP contribution in [0.25, 0.3) is 0 Å². The molecule has 0 unspecified atom stereocenters. The van der Waals surface area contributed by atoms with Crippen molar-refractivity contribution in [2.75, 3.05) is 6.54 Å². The Bertz CT molecular complexity index is 436. The molecule has 0 radical (unpaired) electrons. The Morgan fingerprint density at radius 1 is 1.15 bits per heavy atom. The maximum atomic E-state index is 12.0. The van der Waals surface area contributed by atoms with Crippen LogP contribution >= 0.6 is 0 Å². The van der Waals surface area contributed by atoms with Gasteiger partial charge >= 0.3 is 0 Å². The number of hydrogen-bond donors (Lipinski definition) is 2. The van der Waals surface area contributed by atoms with Crippen molar-refractivity contribution in [1.29, 1.82) is 0 Å². The molecule has 2 amide bonds. The normalized spacial score (nSPS) is 15.6. The zero-order chi connectivity index (χ0) is 14.2. The Balaban J connectivity index is 1.80. The van der Waals surface area contributed by atoms with Crippen LogP contribution < -0.4 is 10.6 Å². The van der Waals surface area contributed by atoms with E-state index in [1.54, 1.807) is 12.1 Å². The predicted molar refractivity (Wildman–Crippen MR) is 78.3 cm³/mol. The highest BCUT2D eigenvalue weighted by molar-refractivity contribution is 5.94. The number of carbonyl (C=O) groups excluding carboxylic acids is 2. The van der Waals surface area contributed by atoms with Crippen molar-refractivity contribution < 1.29 is 9.59 Å². The van der Waals surface area contributed by atoms with Crippen LogP contribution in [0.1, 0.15) is 48.0 Å². The molecule has 4 heteroatoms. The summed E-state index contributed by atoms with van der Waals surface area (Å²) in [5.74, 6) is 0.634. The average Bonchev–Trinajstić information content (AvgIpc) is 2.52. The first-order chi connectivity index (χ1) is 9.79. The van der Waals surface area contributed by atoms with Crippen molar-refractivity contribution >= 4 is 12.3 Å². The van der Waals surface area contributed by atoms with Gasteiger partial charge in [0.15, 0.2) is 0 Å². The largest absolute Gasteiger partial charge is 0.355 e. The molecule has 4 nitrogen and oxygen atoms in total. The smallest absolute Gasteiger partial charge is 0.251 e. The van der Waals surface area contributed by atoms with Crippen LogP contribution in [-0.2, 0) is 11.3 Å². The van der Waals surface area contributed by atoms with Crippen molar-refractivity contribution in [3.8, 4) is 0 Å². The second-order valence-electron chi connectivity index (χ2n) is 5.41. The van der Waals surface area contributed by atoms with E-state index in [0.717, 1.165) is 12.1 Å². The average molecular weight is 274 g/mol. The van der Waals surface area contributed by atoms with Crippen molar-refractivity contribution in [2.24, 2.45) is 5.92 Å². The molecule has 0 aromatic heterocycles. The van der Waals surface area contributed by atoms with E-state index in [9.17, 15) is 9.59 Å². The molecule has 1 fully saturated rings. The minimum atomic E-state index is -0.00882. The lowest BCUT2D eigenvalue weighted by molar-refractivity contribution is -0.109. The monoisotopic (exact) mass is 274 g/mol. The zero-order valence-electron chi connectivity index (χ0n) is 11.7. The Hall–Kier alpha value is -1.84. The Morgan fingerprint density at radius 2 is 1.85 bits per heavy atom. The molecule has 20 heavy (non-hydrogen) atoms. The first kappa shape index (κ1) is 14.6. The molecule has 2 rings (SSSR count). The van der Waals surface area contributed by atoms with Gasteiger partial charge in [0.25, 0.3) is 5.91 Å². The highest BCUT2D eigenvalue weighted by atomic mass is 16.1. The lowest BCUT2D eigenvalue weighted by atomic mass is 9.89. The fraction of sp³-hybridized carbons (Fsp3) is 0.500. The second-order valence-corrected chi connectivity index (χ2v) is 5.41. The molecular weight excluding hydrogens is 252 g/mol. The van der Waals surface area contributed by atoms with E-state index < -0.39 is 0 Å². The van der Waals surface area contributed by atoms with Crippen molar-refractivity contribution in [1.82, 2.24) is 10.6 Å². The maximum Gasteiger partial charge on any atom is 0.251 e. The van der Waals surface area contributed by atoms with Gasteiger partial charge in [0, 0.05) is 18.7 Å². The van der Waals surface area contributed by atoms with Crippen LogP contribution in [0.2, 0.25) is 0 Å². The van der Waals surface area contributed by atoms with E-state index in [1.165, 1.54) is 32.1 Å². The molecule has 0 heterocycles. The lowest BCUT2D eigenvalue weighted by Crippen LogP contribution is -2.30. The molecule has 1 aromatic carbocycles. The second kappa shape index (κ2) is 7.68. The van der Waals surface area contributed by atoms with E-state index in [-0.39, 0.29) is 5.91 Å². The summed E-state index contributed by atoms with van der Waals surface area (Å²) in [7, 11) is 0. The summed E-state index contributed by atoms with van der Waals surface area (Å²) in [5, 5.41) is 5.62. The van der Waals surface area contributed by atoms with Crippen molar-refractivity contribution in [3.05, 3.63) is 35.4 Å². The SMILES string of the molecule is O=CNCc1ccc(C(=O)NCC2CCCCC2)cc1. The van der Waals surface area contributed by atoms with Gasteiger partial charge in [-0.2, -0.15) is 0 Å². The standard InChI is InChI=1S/C16H22N2O2/c19-12-17-10-14-6-8-15(9-7-14)16(20)18-11-13-4-2-1-3-5-13/h6-9,12-13H,1-5,10-11H2,(H,17,19)(H,18,20). The Labute approximate surface area is 119 Å². The van der Waals surface area contributed by atoms with Crippen LogP contribution in [0, 0.1) is 5.92 Å². The molecule has 2 N–H and O–H groups in total. The first-order valence-corrected chi connectivity index (χ1v) is 7.34. The summed E-state index contributed by atoms with van der Waals surface area (Å²) in [6.45, 7) is 1.28. The van der Waals surface area contributed by atoms with Gasteiger partial charge in [-0.05, 0) is 36.5 Å². The van der Waals surface area contributed by atoms with Gasteiger partial charge in [0.05, 0.1) is 0 Å². The van der Waals surface area contributed by atoms with Gasteiger partial charge in [0.2, 0.25) is 6.41 Å². The molecular formula is C16H22N2O2. The molecule has 0 atom stereocenters. The number of hydrogen-bond acceptors (Lipinski definition) is 2. The Morgan fingerprint density at radius 3 is 2.50 bits per heavy atom. The number of amides is 2. The predicted octanol–water partition coefficient (Wildman–Crippen LogP) is 2.24. The van der Waals surface area contributed by atoms with Gasteiger partial charge in [-0.3, -0.25) is 9.59 Å². The molecule has 108 valence electrons. The summed E-state index contributed by atoms with van der Waals surface area (Å²) in [6, 6.07) is 7.34. The summed E-state index contributed by atoms with van der Waals surface area (Å²) in [5.41, 5.74) is 1.66. The summed E-state index contributed by atoms with van der Waals surface area (Å²) >= 11 is 0. The van der Waals surface area contributed by atoms with Crippen molar-refractivity contribution in [2.45, 2.75) is 38.6 Å². The van der Waals surface area contributed by atoms with Crippen LogP contribution in [-0.4, -0.2) is 18.9 Å². The first-order valence-electron chi connectivity index (χ1n) is 7.34. The highest BCUT2D eigenvalue weighted by Crippen LogP contribution is 2.22. The number of carbonyl (C=O) groups is 2. The van der Waals surface area contributed by atoms with Crippen molar-refractivity contribution in [3.63, 3.8) is 0 Å². The van der Waals surface area contributed by atoms with Gasteiger partial charge in [-0.1, -0.05) is 31.4 Å². The molecule has 0 saturated heterocycles. The molecule has 0 aliphatic heterocycles. The molecule has 0 spiro atoms. The minimum Gasteiger partial charge on any atom is -0.355 e. The third-order valence-corrected chi connectivity index (χ3v) is 3.88. The zero-order valence-corrected chi connectivity index (χ0v) is 11.7.